The summed E-state index contributed by atoms with van der Waals surface area (Å²) in [5, 5.41) is 7.14. The van der Waals surface area contributed by atoms with Crippen LogP contribution in [0, 0.1) is 12.8 Å². The molecule has 0 spiro atoms. The number of aryl methyl sites for hydroxylation is 1. The van der Waals surface area contributed by atoms with Crippen LogP contribution in [0.25, 0.3) is 0 Å². The summed E-state index contributed by atoms with van der Waals surface area (Å²) < 4.78 is 0. The van der Waals surface area contributed by atoms with Crippen LogP contribution in [0.1, 0.15) is 37.2 Å². The van der Waals surface area contributed by atoms with Crippen molar-refractivity contribution in [2.45, 2.75) is 40.3 Å². The molecule has 0 unspecified atom stereocenters. The van der Waals surface area contributed by atoms with Crippen molar-refractivity contribution in [1.82, 2.24) is 15.1 Å². The van der Waals surface area contributed by atoms with Gasteiger partial charge < -0.3 is 4.90 Å². The molecule has 0 saturated heterocycles. The van der Waals surface area contributed by atoms with E-state index in [9.17, 15) is 4.79 Å². The first-order chi connectivity index (χ1) is 7.08. The highest BCUT2D eigenvalue weighted by Gasteiger charge is 2.26. The van der Waals surface area contributed by atoms with E-state index < -0.39 is 0 Å². The molecule has 2 heterocycles. The average molecular weight is 207 g/mol. The molecule has 1 aromatic heterocycles. The molecule has 0 bridgehead atoms. The second-order valence-electron chi connectivity index (χ2n) is 4.62. The largest absolute Gasteiger partial charge is 0.332 e. The van der Waals surface area contributed by atoms with Gasteiger partial charge in [-0.3, -0.25) is 9.89 Å². The number of carbonyl (C=O) groups is 1. The minimum Gasteiger partial charge on any atom is -0.332 e. The molecule has 1 amide bonds. The molecule has 0 fully saturated rings. The quantitative estimate of drug-likeness (QED) is 0.801. The molecule has 1 aliphatic rings. The van der Waals surface area contributed by atoms with Crippen molar-refractivity contribution < 1.29 is 4.79 Å². The molecule has 1 N–H and O–H groups in total. The van der Waals surface area contributed by atoms with Crippen LogP contribution in [0.3, 0.4) is 0 Å². The smallest absolute Gasteiger partial charge is 0.223 e. The number of nitrogens with zero attached hydrogens (tertiary/aromatic N) is 2. The summed E-state index contributed by atoms with van der Waals surface area (Å²) in [5.41, 5.74) is 3.32. The third kappa shape index (κ3) is 1.89. The van der Waals surface area contributed by atoms with Gasteiger partial charge in [0, 0.05) is 24.2 Å². The molecule has 2 rings (SSSR count). The summed E-state index contributed by atoms with van der Waals surface area (Å²) >= 11 is 0. The lowest BCUT2D eigenvalue weighted by molar-refractivity contribution is -0.132. The first-order valence-electron chi connectivity index (χ1n) is 5.38. The number of hydrogen-bond acceptors (Lipinski definition) is 2. The zero-order valence-corrected chi connectivity index (χ0v) is 9.50. The molecule has 0 saturated carbocycles. The van der Waals surface area contributed by atoms with E-state index in [0.717, 1.165) is 17.9 Å². The van der Waals surface area contributed by atoms with Crippen molar-refractivity contribution in [3.63, 3.8) is 0 Å². The van der Waals surface area contributed by atoms with Crippen molar-refractivity contribution in [2.75, 3.05) is 0 Å². The highest BCUT2D eigenvalue weighted by Crippen LogP contribution is 2.24. The minimum atomic E-state index is 0.238. The van der Waals surface area contributed by atoms with Crippen LogP contribution in [0.5, 0.6) is 0 Å². The van der Waals surface area contributed by atoms with Crippen LogP contribution in [-0.4, -0.2) is 21.0 Å². The number of carbonyl (C=O) groups excluding carboxylic acids is 1. The van der Waals surface area contributed by atoms with E-state index in [-0.39, 0.29) is 5.91 Å². The van der Waals surface area contributed by atoms with Gasteiger partial charge in [0.2, 0.25) is 5.91 Å². The van der Waals surface area contributed by atoms with Gasteiger partial charge in [0.25, 0.3) is 0 Å². The van der Waals surface area contributed by atoms with Gasteiger partial charge in [-0.25, -0.2) is 0 Å². The highest BCUT2D eigenvalue weighted by molar-refractivity contribution is 5.77. The van der Waals surface area contributed by atoms with E-state index in [4.69, 9.17) is 0 Å². The molecule has 4 nitrogen and oxygen atoms in total. The molecular weight excluding hydrogens is 190 g/mol. The topological polar surface area (TPSA) is 49.0 Å². The minimum absolute atomic E-state index is 0.238. The zero-order valence-electron chi connectivity index (χ0n) is 9.50. The van der Waals surface area contributed by atoms with Crippen molar-refractivity contribution in [1.29, 1.82) is 0 Å². The molecule has 1 aliphatic heterocycles. The maximum atomic E-state index is 11.8. The Hall–Kier alpha value is -1.32. The van der Waals surface area contributed by atoms with E-state index >= 15 is 0 Å². The van der Waals surface area contributed by atoms with Crippen molar-refractivity contribution >= 4 is 5.91 Å². The molecule has 15 heavy (non-hydrogen) atoms. The monoisotopic (exact) mass is 207 g/mol. The normalized spacial score (nSPS) is 14.8. The van der Waals surface area contributed by atoms with Gasteiger partial charge in [-0.1, -0.05) is 13.8 Å². The van der Waals surface area contributed by atoms with E-state index in [0.29, 0.717) is 18.9 Å². The Balaban J connectivity index is 2.04. The maximum Gasteiger partial charge on any atom is 0.223 e. The third-order valence-corrected chi connectivity index (χ3v) is 2.78. The number of amides is 1. The van der Waals surface area contributed by atoms with Crippen molar-refractivity contribution in [3.05, 3.63) is 17.0 Å². The predicted molar refractivity (Wildman–Crippen MR) is 57.0 cm³/mol. The van der Waals surface area contributed by atoms with Crippen LogP contribution in [0.4, 0.5) is 0 Å². The molecule has 0 aromatic carbocycles. The Morgan fingerprint density at radius 3 is 2.87 bits per heavy atom. The van der Waals surface area contributed by atoms with E-state index in [1.54, 1.807) is 0 Å². The van der Waals surface area contributed by atoms with Crippen LogP contribution >= 0.6 is 0 Å². The molecular formula is C11H17N3O. The number of H-pyrrole nitrogens is 1. The predicted octanol–water partition coefficient (Wildman–Crippen LogP) is 1.61. The number of hydrogen-bond donors (Lipinski definition) is 1. The Kier molecular flexibility index (Phi) is 2.50. The van der Waals surface area contributed by atoms with E-state index in [1.165, 1.54) is 5.56 Å². The maximum absolute atomic E-state index is 11.8. The fourth-order valence-electron chi connectivity index (χ4n) is 1.93. The van der Waals surface area contributed by atoms with Crippen molar-refractivity contribution in [2.24, 2.45) is 5.92 Å². The molecule has 0 aliphatic carbocycles. The molecule has 0 radical (unpaired) electrons. The Morgan fingerprint density at radius 2 is 2.27 bits per heavy atom. The van der Waals surface area contributed by atoms with Crippen LogP contribution < -0.4 is 0 Å². The average Bonchev–Trinajstić information content (AvgIpc) is 2.67. The van der Waals surface area contributed by atoms with Gasteiger partial charge in [0.1, 0.15) is 0 Å². The second kappa shape index (κ2) is 3.68. The molecule has 0 atom stereocenters. The Labute approximate surface area is 89.7 Å². The summed E-state index contributed by atoms with van der Waals surface area (Å²) in [6, 6.07) is 0. The highest BCUT2D eigenvalue weighted by atomic mass is 16.2. The number of nitrogens with one attached hydrogen (secondary N) is 1. The van der Waals surface area contributed by atoms with Gasteiger partial charge >= 0.3 is 0 Å². The zero-order chi connectivity index (χ0) is 11.0. The first-order valence-corrected chi connectivity index (χ1v) is 5.38. The lowest BCUT2D eigenvalue weighted by Crippen LogP contribution is -2.26. The number of fused-ring (bicyclic) bond motifs is 1. The molecule has 4 heteroatoms. The number of rotatable bonds is 2. The third-order valence-electron chi connectivity index (χ3n) is 2.78. The number of aromatic amines is 1. The van der Waals surface area contributed by atoms with Gasteiger partial charge in [0.15, 0.2) is 0 Å². The van der Waals surface area contributed by atoms with Crippen LogP contribution in [0.15, 0.2) is 0 Å². The van der Waals surface area contributed by atoms with Gasteiger partial charge in [-0.05, 0) is 12.8 Å². The van der Waals surface area contributed by atoms with Crippen LogP contribution in [-0.2, 0) is 17.9 Å². The van der Waals surface area contributed by atoms with Gasteiger partial charge in [-0.15, -0.1) is 0 Å². The lowest BCUT2D eigenvalue weighted by atomic mass is 10.1. The molecule has 1 aromatic rings. The fraction of sp³-hybridized carbons (Fsp3) is 0.636. The van der Waals surface area contributed by atoms with E-state index in [1.807, 2.05) is 11.8 Å². The second-order valence-corrected chi connectivity index (χ2v) is 4.62. The fourth-order valence-corrected chi connectivity index (χ4v) is 1.93. The Bertz CT molecular complexity index is 381. The van der Waals surface area contributed by atoms with Crippen molar-refractivity contribution in [3.8, 4) is 0 Å². The summed E-state index contributed by atoms with van der Waals surface area (Å²) in [5.74, 6) is 0.662. The van der Waals surface area contributed by atoms with Crippen LogP contribution in [0.2, 0.25) is 0 Å². The summed E-state index contributed by atoms with van der Waals surface area (Å²) in [6.45, 7) is 7.54. The summed E-state index contributed by atoms with van der Waals surface area (Å²) in [4.78, 5) is 13.7. The SMILES string of the molecule is Cc1[nH]nc2c1CN(C(=O)CC(C)C)C2. The lowest BCUT2D eigenvalue weighted by Gasteiger charge is -2.16. The number of aromatic nitrogens is 2. The Morgan fingerprint density at radius 1 is 1.53 bits per heavy atom. The van der Waals surface area contributed by atoms with Gasteiger partial charge in [-0.2, -0.15) is 5.10 Å². The van der Waals surface area contributed by atoms with E-state index in [2.05, 4.69) is 24.0 Å². The standard InChI is InChI=1S/C11H17N3O/c1-7(2)4-11(15)14-5-9-8(3)12-13-10(9)6-14/h7H,4-6H2,1-3H3,(H,12,13). The summed E-state index contributed by atoms with van der Waals surface area (Å²) in [7, 11) is 0. The first kappa shape index (κ1) is 10.2. The van der Waals surface area contributed by atoms with Gasteiger partial charge in [0.05, 0.1) is 12.2 Å². The molecule has 82 valence electrons. The summed E-state index contributed by atoms with van der Waals surface area (Å²) in [6.07, 6.45) is 0.632.